The van der Waals surface area contributed by atoms with Gasteiger partial charge in [-0.1, -0.05) is 23.2 Å². The lowest BCUT2D eigenvalue weighted by Crippen LogP contribution is -2.13. The SMILES string of the molecule is Cc1nccn1C(C)Cc1nc(C2CC2)nn1-c1cc(Cl)ccc1Cl. The first-order valence-corrected chi connectivity index (χ1v) is 9.19. The van der Waals surface area contributed by atoms with E-state index >= 15 is 0 Å². The molecule has 5 nitrogen and oxygen atoms in total. The molecule has 1 aliphatic carbocycles. The van der Waals surface area contributed by atoms with Crippen LogP contribution in [0.5, 0.6) is 0 Å². The maximum atomic E-state index is 6.41. The second kappa shape index (κ2) is 6.46. The van der Waals surface area contributed by atoms with Gasteiger partial charge in [0.15, 0.2) is 5.82 Å². The van der Waals surface area contributed by atoms with Crippen molar-refractivity contribution in [2.45, 2.75) is 45.1 Å². The molecule has 0 radical (unpaired) electrons. The summed E-state index contributed by atoms with van der Waals surface area (Å²) in [5.41, 5.74) is 0.776. The molecule has 0 spiro atoms. The molecule has 2 aromatic heterocycles. The van der Waals surface area contributed by atoms with E-state index in [2.05, 4.69) is 16.5 Å². The van der Waals surface area contributed by atoms with Crippen molar-refractivity contribution in [3.8, 4) is 5.69 Å². The summed E-state index contributed by atoms with van der Waals surface area (Å²) >= 11 is 12.6. The molecule has 0 amide bonds. The molecule has 1 saturated carbocycles. The predicted molar refractivity (Wildman–Crippen MR) is 98.7 cm³/mol. The van der Waals surface area contributed by atoms with Gasteiger partial charge in [0, 0.05) is 35.8 Å². The minimum Gasteiger partial charge on any atom is -0.332 e. The molecule has 0 N–H and O–H groups in total. The number of imidazole rings is 1. The summed E-state index contributed by atoms with van der Waals surface area (Å²) in [4.78, 5) is 9.13. The summed E-state index contributed by atoms with van der Waals surface area (Å²) < 4.78 is 4.00. The number of hydrogen-bond donors (Lipinski definition) is 0. The normalized spacial score (nSPS) is 15.5. The van der Waals surface area contributed by atoms with Crippen LogP contribution < -0.4 is 0 Å². The molecule has 7 heteroatoms. The van der Waals surface area contributed by atoms with E-state index in [0.717, 1.165) is 42.4 Å². The summed E-state index contributed by atoms with van der Waals surface area (Å²) in [5.74, 6) is 3.26. The average molecular weight is 376 g/mol. The van der Waals surface area contributed by atoms with Crippen molar-refractivity contribution in [2.24, 2.45) is 0 Å². The van der Waals surface area contributed by atoms with Crippen LogP contribution in [0.15, 0.2) is 30.6 Å². The molecule has 3 aromatic rings. The van der Waals surface area contributed by atoms with E-state index in [1.54, 1.807) is 12.1 Å². The quantitative estimate of drug-likeness (QED) is 0.645. The zero-order valence-corrected chi connectivity index (χ0v) is 15.7. The highest BCUT2D eigenvalue weighted by molar-refractivity contribution is 6.34. The maximum absolute atomic E-state index is 6.41. The van der Waals surface area contributed by atoms with Crippen molar-refractivity contribution in [1.82, 2.24) is 24.3 Å². The minimum atomic E-state index is 0.218. The zero-order valence-electron chi connectivity index (χ0n) is 14.2. The number of rotatable bonds is 5. The summed E-state index contributed by atoms with van der Waals surface area (Å²) in [6, 6.07) is 5.63. The molecule has 0 bridgehead atoms. The first-order chi connectivity index (χ1) is 12.0. The summed E-state index contributed by atoms with van der Waals surface area (Å²) in [5, 5.41) is 5.99. The van der Waals surface area contributed by atoms with E-state index in [9.17, 15) is 0 Å². The number of aryl methyl sites for hydroxylation is 1. The molecule has 1 atom stereocenters. The third kappa shape index (κ3) is 3.31. The van der Waals surface area contributed by atoms with Gasteiger partial charge < -0.3 is 4.57 Å². The molecule has 1 fully saturated rings. The van der Waals surface area contributed by atoms with Crippen LogP contribution in [-0.4, -0.2) is 24.3 Å². The van der Waals surface area contributed by atoms with Gasteiger partial charge in [0.1, 0.15) is 11.6 Å². The molecule has 4 rings (SSSR count). The Morgan fingerprint density at radius 3 is 2.76 bits per heavy atom. The van der Waals surface area contributed by atoms with E-state index in [0.29, 0.717) is 16.0 Å². The maximum Gasteiger partial charge on any atom is 0.154 e. The molecule has 0 saturated heterocycles. The molecule has 1 aromatic carbocycles. The Labute approximate surface area is 156 Å². The Kier molecular flexibility index (Phi) is 4.29. The Balaban J connectivity index is 1.73. The molecular weight excluding hydrogens is 357 g/mol. The Morgan fingerprint density at radius 1 is 1.28 bits per heavy atom. The van der Waals surface area contributed by atoms with Gasteiger partial charge in [0.05, 0.1) is 10.7 Å². The molecule has 0 aliphatic heterocycles. The first-order valence-electron chi connectivity index (χ1n) is 8.43. The van der Waals surface area contributed by atoms with E-state index in [1.165, 1.54) is 0 Å². The second-order valence-electron chi connectivity index (χ2n) is 6.60. The van der Waals surface area contributed by atoms with Crippen molar-refractivity contribution in [1.29, 1.82) is 0 Å². The predicted octanol–water partition coefficient (Wildman–Crippen LogP) is 4.76. The fourth-order valence-corrected chi connectivity index (χ4v) is 3.43. The van der Waals surface area contributed by atoms with Crippen LogP contribution in [0.2, 0.25) is 10.0 Å². The zero-order chi connectivity index (χ0) is 17.6. The van der Waals surface area contributed by atoms with Gasteiger partial charge in [-0.15, -0.1) is 0 Å². The molecular formula is C18H19Cl2N5. The van der Waals surface area contributed by atoms with Crippen molar-refractivity contribution in [3.05, 3.63) is 58.1 Å². The molecule has 1 unspecified atom stereocenters. The van der Waals surface area contributed by atoms with Crippen molar-refractivity contribution in [3.63, 3.8) is 0 Å². The van der Waals surface area contributed by atoms with Crippen LogP contribution in [0.3, 0.4) is 0 Å². The number of halogens is 2. The molecule has 25 heavy (non-hydrogen) atoms. The van der Waals surface area contributed by atoms with Gasteiger partial charge in [0.2, 0.25) is 0 Å². The first kappa shape index (κ1) is 16.6. The highest BCUT2D eigenvalue weighted by Gasteiger charge is 2.30. The van der Waals surface area contributed by atoms with Gasteiger partial charge in [-0.25, -0.2) is 14.6 Å². The van der Waals surface area contributed by atoms with Crippen molar-refractivity contribution < 1.29 is 0 Å². The number of hydrogen-bond acceptors (Lipinski definition) is 3. The largest absolute Gasteiger partial charge is 0.332 e. The minimum absolute atomic E-state index is 0.218. The number of benzene rings is 1. The average Bonchev–Trinajstić information content (AvgIpc) is 3.21. The smallest absolute Gasteiger partial charge is 0.154 e. The van der Waals surface area contributed by atoms with Gasteiger partial charge >= 0.3 is 0 Å². The monoisotopic (exact) mass is 375 g/mol. The van der Waals surface area contributed by atoms with Crippen LogP contribution in [0, 0.1) is 6.92 Å². The van der Waals surface area contributed by atoms with E-state index in [-0.39, 0.29) is 6.04 Å². The van der Waals surface area contributed by atoms with E-state index in [1.807, 2.05) is 30.1 Å². The number of aromatic nitrogens is 5. The van der Waals surface area contributed by atoms with Crippen molar-refractivity contribution in [2.75, 3.05) is 0 Å². The number of nitrogens with zero attached hydrogens (tertiary/aromatic N) is 5. The highest BCUT2D eigenvalue weighted by atomic mass is 35.5. The Hall–Kier alpha value is -1.85. The van der Waals surface area contributed by atoms with Crippen LogP contribution >= 0.6 is 23.2 Å². The van der Waals surface area contributed by atoms with Gasteiger partial charge in [-0.2, -0.15) is 5.10 Å². The van der Waals surface area contributed by atoms with Gasteiger partial charge in [-0.3, -0.25) is 0 Å². The fourth-order valence-electron chi connectivity index (χ4n) is 3.07. The Bertz CT molecular complexity index is 910. The van der Waals surface area contributed by atoms with E-state index < -0.39 is 0 Å². The van der Waals surface area contributed by atoms with Crippen LogP contribution in [0.25, 0.3) is 5.69 Å². The third-order valence-corrected chi connectivity index (χ3v) is 5.14. The van der Waals surface area contributed by atoms with Crippen LogP contribution in [-0.2, 0) is 6.42 Å². The van der Waals surface area contributed by atoms with Crippen LogP contribution in [0.4, 0.5) is 0 Å². The van der Waals surface area contributed by atoms with Gasteiger partial charge in [-0.05, 0) is 44.9 Å². The van der Waals surface area contributed by atoms with Crippen molar-refractivity contribution >= 4 is 23.2 Å². The van der Waals surface area contributed by atoms with Crippen LogP contribution in [0.1, 0.15) is 49.2 Å². The highest BCUT2D eigenvalue weighted by Crippen LogP contribution is 2.39. The third-order valence-electron chi connectivity index (χ3n) is 4.58. The molecule has 1 aliphatic rings. The fraction of sp³-hybridized carbons (Fsp3) is 0.389. The van der Waals surface area contributed by atoms with E-state index in [4.69, 9.17) is 33.3 Å². The topological polar surface area (TPSA) is 48.5 Å². The summed E-state index contributed by atoms with van der Waals surface area (Å²) in [6.07, 6.45) is 6.86. The molecule has 130 valence electrons. The second-order valence-corrected chi connectivity index (χ2v) is 7.45. The van der Waals surface area contributed by atoms with Gasteiger partial charge in [0.25, 0.3) is 0 Å². The standard InChI is InChI=1S/C18H19Cl2N5/c1-11(24-8-7-21-12(24)2)9-17-22-18(13-3-4-13)23-25(17)16-10-14(19)5-6-15(16)20/h5-8,10-11,13H,3-4,9H2,1-2H3. The summed E-state index contributed by atoms with van der Waals surface area (Å²) in [7, 11) is 0. The summed E-state index contributed by atoms with van der Waals surface area (Å²) in [6.45, 7) is 4.16. The lowest BCUT2D eigenvalue weighted by Gasteiger charge is -2.15. The molecule has 2 heterocycles. The lowest BCUT2D eigenvalue weighted by molar-refractivity contribution is 0.512. The Morgan fingerprint density at radius 2 is 2.08 bits per heavy atom. The lowest BCUT2D eigenvalue weighted by atomic mass is 10.2.